The molecule has 0 aliphatic heterocycles. The monoisotopic (exact) mass is 418 g/mol. The molecule has 2 aromatic carbocycles. The lowest BCUT2D eigenvalue weighted by atomic mass is 10.1. The van der Waals surface area contributed by atoms with Crippen LogP contribution in [0.15, 0.2) is 42.5 Å². The van der Waals surface area contributed by atoms with Gasteiger partial charge in [0.05, 0.1) is 18.5 Å². The smallest absolute Gasteiger partial charge is 0.232 e. The quantitative estimate of drug-likeness (QED) is 0.601. The average Bonchev–Trinajstić information content (AvgIpc) is 2.65. The van der Waals surface area contributed by atoms with E-state index in [-0.39, 0.29) is 18.9 Å². The van der Waals surface area contributed by atoms with Gasteiger partial charge in [-0.25, -0.2) is 8.42 Å². The number of carbonyl (C=O) groups is 1. The first-order valence-corrected chi connectivity index (χ1v) is 11.5. The SMILES string of the molecule is Cc1ccc(N(CCCC(=O)NCCOc2cccc(C)c2C)S(C)(=O)=O)cc1. The second-order valence-electron chi connectivity index (χ2n) is 7.17. The maximum absolute atomic E-state index is 12.1. The third kappa shape index (κ3) is 7.09. The Labute approximate surface area is 173 Å². The van der Waals surface area contributed by atoms with E-state index in [1.807, 2.05) is 51.1 Å². The second kappa shape index (κ2) is 10.3. The van der Waals surface area contributed by atoms with Gasteiger partial charge in [-0.15, -0.1) is 0 Å². The van der Waals surface area contributed by atoms with Gasteiger partial charge in [0, 0.05) is 13.0 Å². The van der Waals surface area contributed by atoms with Crippen LogP contribution in [0.1, 0.15) is 29.5 Å². The molecule has 0 unspecified atom stereocenters. The minimum Gasteiger partial charge on any atom is -0.491 e. The first kappa shape index (κ1) is 22.7. The number of amides is 1. The molecule has 0 fully saturated rings. The number of carbonyl (C=O) groups excluding carboxylic acids is 1. The zero-order valence-electron chi connectivity index (χ0n) is 17.6. The van der Waals surface area contributed by atoms with Crippen molar-refractivity contribution in [3.8, 4) is 5.75 Å². The number of sulfonamides is 1. The van der Waals surface area contributed by atoms with E-state index in [1.54, 1.807) is 12.1 Å². The Morgan fingerprint density at radius 1 is 1.07 bits per heavy atom. The Morgan fingerprint density at radius 2 is 1.76 bits per heavy atom. The first-order chi connectivity index (χ1) is 13.7. The second-order valence-corrected chi connectivity index (χ2v) is 9.08. The van der Waals surface area contributed by atoms with Crippen molar-refractivity contribution >= 4 is 21.6 Å². The molecular formula is C22H30N2O4S. The Morgan fingerprint density at radius 3 is 2.41 bits per heavy atom. The molecule has 1 amide bonds. The third-order valence-electron chi connectivity index (χ3n) is 4.72. The largest absolute Gasteiger partial charge is 0.491 e. The predicted octanol–water partition coefficient (Wildman–Crippen LogP) is 3.35. The number of aryl methyl sites for hydroxylation is 2. The Kier molecular flexibility index (Phi) is 8.08. The fraction of sp³-hybridized carbons (Fsp3) is 0.409. The highest BCUT2D eigenvalue weighted by Crippen LogP contribution is 2.20. The summed E-state index contributed by atoms with van der Waals surface area (Å²) in [5, 5.41) is 2.81. The summed E-state index contributed by atoms with van der Waals surface area (Å²) in [7, 11) is -3.41. The molecule has 0 saturated carbocycles. The van der Waals surface area contributed by atoms with Crippen LogP contribution in [-0.2, 0) is 14.8 Å². The van der Waals surface area contributed by atoms with E-state index in [1.165, 1.54) is 10.6 Å². The minimum atomic E-state index is -3.41. The van der Waals surface area contributed by atoms with Crippen molar-refractivity contribution < 1.29 is 17.9 Å². The summed E-state index contributed by atoms with van der Waals surface area (Å²) < 4.78 is 31.3. The van der Waals surface area contributed by atoms with Gasteiger partial charge in [-0.3, -0.25) is 9.10 Å². The van der Waals surface area contributed by atoms with Crippen LogP contribution >= 0.6 is 0 Å². The first-order valence-electron chi connectivity index (χ1n) is 9.68. The van der Waals surface area contributed by atoms with Crippen molar-refractivity contribution in [3.05, 3.63) is 59.2 Å². The molecule has 2 rings (SSSR count). The average molecular weight is 419 g/mol. The highest BCUT2D eigenvalue weighted by Gasteiger charge is 2.17. The standard InChI is InChI=1S/C22H30N2O4S/c1-17-10-12-20(13-11-17)24(29(4,26)27)15-6-9-22(25)23-14-16-28-21-8-5-7-18(2)19(21)3/h5,7-8,10-13H,6,9,14-16H2,1-4H3,(H,23,25). The molecule has 0 aliphatic rings. The van der Waals surface area contributed by atoms with Crippen LogP contribution in [0.5, 0.6) is 5.75 Å². The number of nitrogens with one attached hydrogen (secondary N) is 1. The van der Waals surface area contributed by atoms with E-state index in [0.29, 0.717) is 25.3 Å². The van der Waals surface area contributed by atoms with Crippen LogP contribution in [0.3, 0.4) is 0 Å². The molecule has 6 nitrogen and oxygen atoms in total. The van der Waals surface area contributed by atoms with Crippen LogP contribution in [0, 0.1) is 20.8 Å². The number of hydrogen-bond acceptors (Lipinski definition) is 4. The molecule has 1 N–H and O–H groups in total. The molecule has 0 heterocycles. The van der Waals surface area contributed by atoms with Gasteiger partial charge in [0.15, 0.2) is 0 Å². The van der Waals surface area contributed by atoms with Crippen molar-refractivity contribution in [1.82, 2.24) is 5.32 Å². The van der Waals surface area contributed by atoms with Crippen molar-refractivity contribution in [2.45, 2.75) is 33.6 Å². The summed E-state index contributed by atoms with van der Waals surface area (Å²) in [5.74, 6) is 0.702. The lowest BCUT2D eigenvalue weighted by Gasteiger charge is -2.22. The highest BCUT2D eigenvalue weighted by atomic mass is 32.2. The highest BCUT2D eigenvalue weighted by molar-refractivity contribution is 7.92. The maximum atomic E-state index is 12.1. The van der Waals surface area contributed by atoms with Gasteiger partial charge in [-0.05, 0) is 56.5 Å². The fourth-order valence-corrected chi connectivity index (χ4v) is 3.87. The van der Waals surface area contributed by atoms with Crippen LogP contribution in [0.4, 0.5) is 5.69 Å². The van der Waals surface area contributed by atoms with Gasteiger partial charge >= 0.3 is 0 Å². The molecule has 158 valence electrons. The summed E-state index contributed by atoms with van der Waals surface area (Å²) in [6.07, 6.45) is 1.86. The van der Waals surface area contributed by atoms with Gasteiger partial charge in [-0.2, -0.15) is 0 Å². The van der Waals surface area contributed by atoms with Gasteiger partial charge in [-0.1, -0.05) is 29.8 Å². The molecule has 2 aromatic rings. The van der Waals surface area contributed by atoms with Crippen molar-refractivity contribution in [2.75, 3.05) is 30.3 Å². The number of hydrogen-bond donors (Lipinski definition) is 1. The van der Waals surface area contributed by atoms with Crippen LogP contribution < -0.4 is 14.4 Å². The van der Waals surface area contributed by atoms with E-state index in [2.05, 4.69) is 5.32 Å². The van der Waals surface area contributed by atoms with Crippen molar-refractivity contribution in [1.29, 1.82) is 0 Å². The molecule has 0 radical (unpaired) electrons. The molecule has 0 saturated heterocycles. The van der Waals surface area contributed by atoms with Crippen LogP contribution in [-0.4, -0.2) is 40.3 Å². The van der Waals surface area contributed by atoms with Gasteiger partial charge in [0.1, 0.15) is 12.4 Å². The number of anilines is 1. The van der Waals surface area contributed by atoms with Gasteiger partial charge in [0.25, 0.3) is 0 Å². The molecule has 0 atom stereocenters. The zero-order valence-corrected chi connectivity index (χ0v) is 18.4. The molecule has 0 aromatic heterocycles. The van der Waals surface area contributed by atoms with Crippen LogP contribution in [0.2, 0.25) is 0 Å². The van der Waals surface area contributed by atoms with E-state index in [0.717, 1.165) is 22.4 Å². The van der Waals surface area contributed by atoms with Crippen LogP contribution in [0.25, 0.3) is 0 Å². The molecule has 29 heavy (non-hydrogen) atoms. The zero-order chi connectivity index (χ0) is 21.4. The number of ether oxygens (including phenoxy) is 1. The molecule has 0 spiro atoms. The van der Waals surface area contributed by atoms with Crippen molar-refractivity contribution in [2.24, 2.45) is 0 Å². The number of rotatable bonds is 10. The Bertz CT molecular complexity index is 924. The van der Waals surface area contributed by atoms with Gasteiger partial charge in [0.2, 0.25) is 15.9 Å². The lowest BCUT2D eigenvalue weighted by molar-refractivity contribution is -0.121. The summed E-state index contributed by atoms with van der Waals surface area (Å²) in [5.41, 5.74) is 3.93. The molecule has 0 bridgehead atoms. The summed E-state index contributed by atoms with van der Waals surface area (Å²) in [6, 6.07) is 13.2. The third-order valence-corrected chi connectivity index (χ3v) is 5.92. The lowest BCUT2D eigenvalue weighted by Crippen LogP contribution is -2.32. The summed E-state index contributed by atoms with van der Waals surface area (Å²) in [6.45, 7) is 7.03. The molecule has 0 aliphatic carbocycles. The maximum Gasteiger partial charge on any atom is 0.232 e. The molecule has 7 heteroatoms. The van der Waals surface area contributed by atoms with E-state index >= 15 is 0 Å². The summed E-state index contributed by atoms with van der Waals surface area (Å²) >= 11 is 0. The number of benzene rings is 2. The van der Waals surface area contributed by atoms with E-state index in [4.69, 9.17) is 4.74 Å². The predicted molar refractivity (Wildman–Crippen MR) is 117 cm³/mol. The molecular weight excluding hydrogens is 388 g/mol. The minimum absolute atomic E-state index is 0.119. The topological polar surface area (TPSA) is 75.7 Å². The normalized spacial score (nSPS) is 11.2. The summed E-state index contributed by atoms with van der Waals surface area (Å²) in [4.78, 5) is 12.1. The Balaban J connectivity index is 1.76. The van der Waals surface area contributed by atoms with E-state index in [9.17, 15) is 13.2 Å². The fourth-order valence-electron chi connectivity index (χ4n) is 2.90. The van der Waals surface area contributed by atoms with Gasteiger partial charge < -0.3 is 10.1 Å². The number of nitrogens with zero attached hydrogens (tertiary/aromatic N) is 1. The van der Waals surface area contributed by atoms with Crippen molar-refractivity contribution in [3.63, 3.8) is 0 Å². The van der Waals surface area contributed by atoms with E-state index < -0.39 is 10.0 Å². The Hall–Kier alpha value is -2.54.